The molecule has 6 aliphatic rings. The molecule has 0 radical (unpaired) electrons. The van der Waals surface area contributed by atoms with Crippen molar-refractivity contribution in [3.8, 4) is 0 Å². The zero-order valence-electron chi connectivity index (χ0n) is 21.6. The molecule has 12 atom stereocenters. The van der Waals surface area contributed by atoms with E-state index >= 15 is 0 Å². The zero-order valence-corrected chi connectivity index (χ0v) is 22.3. The number of ether oxygens (including phenoxy) is 2. The molecule has 3 saturated carbocycles. The Bertz CT molecular complexity index is 1120. The molecule has 6 rings (SSSR count). The van der Waals surface area contributed by atoms with Crippen LogP contribution in [0.3, 0.4) is 0 Å². The number of carbonyl (C=O) groups excluding carboxylic acids is 2. The Morgan fingerprint density at radius 2 is 1.83 bits per heavy atom. The highest BCUT2D eigenvalue weighted by Gasteiger charge is 2.80. The van der Waals surface area contributed by atoms with Gasteiger partial charge in [-0.05, 0) is 68.9 Å². The lowest BCUT2D eigenvalue weighted by Crippen LogP contribution is -2.77. The van der Waals surface area contributed by atoms with Crippen LogP contribution < -0.4 is 0 Å². The van der Waals surface area contributed by atoms with Gasteiger partial charge in [0.25, 0.3) is 0 Å². The Labute approximate surface area is 216 Å². The molecular weight excluding hydrogens is 484 g/mol. The van der Waals surface area contributed by atoms with Gasteiger partial charge in [0.15, 0.2) is 17.7 Å². The van der Waals surface area contributed by atoms with Crippen molar-refractivity contribution in [3.63, 3.8) is 0 Å². The average molecular weight is 521 g/mol. The van der Waals surface area contributed by atoms with Gasteiger partial charge < -0.3 is 24.8 Å². The molecule has 36 heavy (non-hydrogen) atoms. The van der Waals surface area contributed by atoms with Crippen molar-refractivity contribution in [2.75, 3.05) is 0 Å². The monoisotopic (exact) mass is 520 g/mol. The number of aliphatic hydroxyl groups is 3. The largest absolute Gasteiger partial charge is 0.452 e. The fourth-order valence-corrected chi connectivity index (χ4v) is 9.95. The third-order valence-corrected chi connectivity index (χ3v) is 12.9. The molecule has 0 spiro atoms. The molecule has 1 saturated heterocycles. The molecule has 0 amide bonds. The van der Waals surface area contributed by atoms with E-state index in [-0.39, 0.29) is 30.0 Å². The van der Waals surface area contributed by atoms with Gasteiger partial charge in [-0.2, -0.15) is 0 Å². The summed E-state index contributed by atoms with van der Waals surface area (Å²) in [6.45, 7) is 9.19. The molecule has 4 fully saturated rings. The molecule has 4 aliphatic carbocycles. The molecule has 2 heterocycles. The summed E-state index contributed by atoms with van der Waals surface area (Å²) in [6.07, 6.45) is 2.95. The van der Waals surface area contributed by atoms with E-state index < -0.39 is 57.3 Å². The van der Waals surface area contributed by atoms with Crippen LogP contribution in [-0.4, -0.2) is 61.6 Å². The lowest BCUT2D eigenvalue weighted by Gasteiger charge is -2.69. The zero-order chi connectivity index (χ0) is 26.2. The summed E-state index contributed by atoms with van der Waals surface area (Å²) < 4.78 is 12.3. The maximum atomic E-state index is 13.5. The summed E-state index contributed by atoms with van der Waals surface area (Å²) in [6, 6.07) is 0. The van der Waals surface area contributed by atoms with Crippen molar-refractivity contribution in [2.24, 2.45) is 34.5 Å². The summed E-state index contributed by atoms with van der Waals surface area (Å²) in [5.41, 5.74) is -2.13. The maximum absolute atomic E-state index is 13.5. The van der Waals surface area contributed by atoms with Crippen molar-refractivity contribution in [1.82, 2.24) is 0 Å². The van der Waals surface area contributed by atoms with Crippen LogP contribution in [0.4, 0.5) is 0 Å². The molecule has 0 bridgehead atoms. The van der Waals surface area contributed by atoms with Crippen LogP contribution in [-0.2, 0) is 19.1 Å². The van der Waals surface area contributed by atoms with Crippen molar-refractivity contribution in [1.29, 1.82) is 0 Å². The van der Waals surface area contributed by atoms with E-state index in [2.05, 4.69) is 0 Å². The molecule has 3 N–H and O–H groups in total. The standard InChI is InChI=1S/C28H37ClO7/c1-13-14(2)23(32)35-21(13)22-15(3)27(33)10-8-17-16-11-20(31)26(29)9-6-7-19(30)24(26,4)18(16)12-28(34,36-22)25(17,27)5/h6-7,15-18,20-22,31,33-34H,8-12H2,1-5H3/t15-,16+,17+,18+,20-,21+,22+,24+,25+,26+,27-,28+/m1/s1. The first-order valence-corrected chi connectivity index (χ1v) is 13.6. The fraction of sp³-hybridized carbons (Fsp3) is 0.786. The van der Waals surface area contributed by atoms with Gasteiger partial charge in [0, 0.05) is 17.9 Å². The van der Waals surface area contributed by atoms with Gasteiger partial charge in [0.2, 0.25) is 0 Å². The highest BCUT2D eigenvalue weighted by molar-refractivity contribution is 6.28. The number of carbonyl (C=O) groups is 2. The number of cyclic esters (lactones) is 1. The predicted molar refractivity (Wildman–Crippen MR) is 131 cm³/mol. The smallest absolute Gasteiger partial charge is 0.334 e. The number of hydrogen-bond acceptors (Lipinski definition) is 7. The summed E-state index contributed by atoms with van der Waals surface area (Å²) in [5.74, 6) is -3.36. The van der Waals surface area contributed by atoms with E-state index in [0.29, 0.717) is 31.3 Å². The van der Waals surface area contributed by atoms with Crippen LogP contribution in [0.25, 0.3) is 0 Å². The second-order valence-corrected chi connectivity index (χ2v) is 13.5. The number of esters is 1. The van der Waals surface area contributed by atoms with Crippen LogP contribution in [0.5, 0.6) is 0 Å². The normalized spacial score (nSPS) is 57.9. The molecule has 8 heteroatoms. The van der Waals surface area contributed by atoms with E-state index in [9.17, 15) is 24.9 Å². The number of hydrogen-bond donors (Lipinski definition) is 3. The van der Waals surface area contributed by atoms with E-state index in [1.54, 1.807) is 19.1 Å². The van der Waals surface area contributed by atoms with E-state index in [0.717, 1.165) is 5.57 Å². The minimum atomic E-state index is -1.77. The second kappa shape index (κ2) is 7.23. The minimum absolute atomic E-state index is 0.104. The summed E-state index contributed by atoms with van der Waals surface area (Å²) in [7, 11) is 0. The molecule has 0 aromatic carbocycles. The number of ketones is 1. The number of allylic oxidation sites excluding steroid dienone is 2. The van der Waals surface area contributed by atoms with Crippen LogP contribution >= 0.6 is 11.6 Å². The number of rotatable bonds is 1. The Balaban J connectivity index is 1.48. The van der Waals surface area contributed by atoms with Crippen LogP contribution in [0, 0.1) is 34.5 Å². The van der Waals surface area contributed by atoms with Crippen LogP contribution in [0.1, 0.15) is 66.7 Å². The quantitative estimate of drug-likeness (QED) is 0.360. The Hall–Kier alpha value is -1.25. The van der Waals surface area contributed by atoms with E-state index in [1.165, 1.54) is 0 Å². The molecule has 0 aromatic rings. The van der Waals surface area contributed by atoms with Crippen LogP contribution in [0.2, 0.25) is 0 Å². The SMILES string of the molecule is CC1=C(C)[C@@H]([C@H]2O[C@@]3(O)C[C@H]4[C@@H](C[C@@H](O)[C@@]5(Cl)CC=CC(=O)[C@]45C)[C@@H]4CC[C@@](O)([C@@H]2C)[C@]43C)OC1=O. The number of alkyl halides is 1. The average Bonchev–Trinajstić information content (AvgIpc) is 3.25. The summed E-state index contributed by atoms with van der Waals surface area (Å²) >= 11 is 7.12. The summed E-state index contributed by atoms with van der Waals surface area (Å²) in [5, 5.41) is 36.1. The lowest BCUT2D eigenvalue weighted by atomic mass is 9.41. The highest BCUT2D eigenvalue weighted by atomic mass is 35.5. The summed E-state index contributed by atoms with van der Waals surface area (Å²) in [4.78, 5) is 24.7. The Morgan fingerprint density at radius 1 is 1.14 bits per heavy atom. The van der Waals surface area contributed by atoms with Gasteiger partial charge in [-0.1, -0.05) is 26.8 Å². The minimum Gasteiger partial charge on any atom is -0.452 e. The van der Waals surface area contributed by atoms with E-state index in [4.69, 9.17) is 21.1 Å². The van der Waals surface area contributed by atoms with Gasteiger partial charge in [0.05, 0.1) is 27.4 Å². The van der Waals surface area contributed by atoms with E-state index in [1.807, 2.05) is 27.7 Å². The second-order valence-electron chi connectivity index (χ2n) is 12.8. The number of fused-ring (bicyclic) bond motifs is 4. The van der Waals surface area contributed by atoms with Gasteiger partial charge >= 0.3 is 5.97 Å². The molecule has 7 nitrogen and oxygen atoms in total. The Kier molecular flexibility index (Phi) is 5.03. The van der Waals surface area contributed by atoms with Crippen molar-refractivity contribution >= 4 is 23.4 Å². The highest BCUT2D eigenvalue weighted by Crippen LogP contribution is 2.74. The third kappa shape index (κ3) is 2.51. The van der Waals surface area contributed by atoms with Crippen molar-refractivity contribution in [3.05, 3.63) is 23.3 Å². The van der Waals surface area contributed by atoms with Crippen molar-refractivity contribution in [2.45, 2.75) is 101 Å². The fourth-order valence-electron chi connectivity index (χ4n) is 9.54. The number of aliphatic hydroxyl groups excluding tert-OH is 1. The van der Waals surface area contributed by atoms with Gasteiger partial charge in [-0.3, -0.25) is 4.79 Å². The first-order chi connectivity index (χ1) is 16.7. The van der Waals surface area contributed by atoms with Gasteiger partial charge in [0.1, 0.15) is 6.10 Å². The topological polar surface area (TPSA) is 113 Å². The molecular formula is C28H37ClO7. The molecule has 0 aromatic heterocycles. The van der Waals surface area contributed by atoms with Crippen molar-refractivity contribution < 1.29 is 34.4 Å². The molecule has 198 valence electrons. The number of halogens is 1. The first-order valence-electron chi connectivity index (χ1n) is 13.3. The molecule has 2 aliphatic heterocycles. The lowest BCUT2D eigenvalue weighted by molar-refractivity contribution is -0.416. The molecule has 0 unspecified atom stereocenters. The van der Waals surface area contributed by atoms with Crippen LogP contribution in [0.15, 0.2) is 23.3 Å². The van der Waals surface area contributed by atoms with Gasteiger partial charge in [-0.25, -0.2) is 4.79 Å². The maximum Gasteiger partial charge on any atom is 0.334 e. The van der Waals surface area contributed by atoms with Gasteiger partial charge in [-0.15, -0.1) is 11.6 Å². The third-order valence-electron chi connectivity index (χ3n) is 12.1. The first kappa shape index (κ1) is 25.1. The predicted octanol–water partition coefficient (Wildman–Crippen LogP) is 3.03. The Morgan fingerprint density at radius 3 is 2.47 bits per heavy atom.